The molecule has 0 spiro atoms. The van der Waals surface area contributed by atoms with Gasteiger partial charge in [0.25, 0.3) is 5.79 Å². The maximum absolute atomic E-state index is 12.7. The largest absolute Gasteiger partial charge is 0.465 e. The van der Waals surface area contributed by atoms with Gasteiger partial charge in [-0.3, -0.25) is 0 Å². The fourth-order valence-corrected chi connectivity index (χ4v) is 3.98. The molecule has 2 heterocycles. The van der Waals surface area contributed by atoms with Gasteiger partial charge in [0.2, 0.25) is 0 Å². The summed E-state index contributed by atoms with van der Waals surface area (Å²) in [5.74, 6) is -1.43. The summed E-state index contributed by atoms with van der Waals surface area (Å²) in [6.45, 7) is 8.73. The molecule has 0 aromatic heterocycles. The summed E-state index contributed by atoms with van der Waals surface area (Å²) in [5.41, 5.74) is 0. The molecule has 9 heteroatoms. The van der Waals surface area contributed by atoms with E-state index in [1.54, 1.807) is 25.6 Å². The first-order valence-electron chi connectivity index (χ1n) is 10.4. The average Bonchev–Trinajstić information content (AvgIpc) is 3.06. The fraction of sp³-hybridized carbons (Fsp3) is 0.950. The molecule has 0 bridgehead atoms. The van der Waals surface area contributed by atoms with Crippen LogP contribution in [-0.2, 0) is 33.2 Å². The Hall–Kier alpha value is -0.420. The number of rotatable bonds is 11. The Bertz CT molecular complexity index is 517. The number of methoxy groups -OCH3 is 1. The Labute approximate surface area is 177 Å². The zero-order valence-electron chi connectivity index (χ0n) is 18.2. The van der Waals surface area contributed by atoms with E-state index in [2.05, 4.69) is 13.8 Å². The van der Waals surface area contributed by atoms with Gasteiger partial charge in [-0.25, -0.2) is 4.79 Å². The van der Waals surface area contributed by atoms with Crippen LogP contribution in [0.25, 0.3) is 0 Å². The van der Waals surface area contributed by atoms with Gasteiger partial charge in [0.05, 0.1) is 26.4 Å². The topological polar surface area (TPSA) is 92.7 Å². The van der Waals surface area contributed by atoms with Crippen molar-refractivity contribution in [3.63, 3.8) is 0 Å². The highest BCUT2D eigenvalue weighted by molar-refractivity contribution is 7.99. The maximum atomic E-state index is 12.7. The highest BCUT2D eigenvalue weighted by atomic mass is 32.2. The molecule has 5 atom stereocenters. The molecule has 1 N–H and O–H groups in total. The fourth-order valence-electron chi connectivity index (χ4n) is 3.49. The SMILES string of the molecule is CCCCO[C@@H]1C[C@](OCCSCC)(C(=O)OC)OC([C@H]2COC(C)(C)O2)[C@@H]1O. The van der Waals surface area contributed by atoms with Crippen LogP contribution in [0.15, 0.2) is 0 Å². The van der Waals surface area contributed by atoms with E-state index in [1.165, 1.54) is 7.11 Å². The van der Waals surface area contributed by atoms with Crippen molar-refractivity contribution in [2.24, 2.45) is 0 Å². The number of aliphatic hydroxyl groups excluding tert-OH is 1. The van der Waals surface area contributed by atoms with Gasteiger partial charge in [-0.2, -0.15) is 11.8 Å². The minimum Gasteiger partial charge on any atom is -0.465 e. The Morgan fingerprint density at radius 1 is 1.24 bits per heavy atom. The van der Waals surface area contributed by atoms with Crippen molar-refractivity contribution >= 4 is 17.7 Å². The van der Waals surface area contributed by atoms with Crippen LogP contribution < -0.4 is 0 Å². The Morgan fingerprint density at radius 2 is 2.00 bits per heavy atom. The molecule has 0 aromatic carbocycles. The van der Waals surface area contributed by atoms with Gasteiger partial charge in [0.1, 0.15) is 18.3 Å². The second kappa shape index (κ2) is 11.3. The van der Waals surface area contributed by atoms with Crippen molar-refractivity contribution < 1.29 is 38.3 Å². The van der Waals surface area contributed by atoms with Crippen LogP contribution in [0.1, 0.15) is 47.0 Å². The van der Waals surface area contributed by atoms with Gasteiger partial charge >= 0.3 is 5.97 Å². The number of carbonyl (C=O) groups excluding carboxylic acids is 1. The second-order valence-corrected chi connectivity index (χ2v) is 9.09. The van der Waals surface area contributed by atoms with Crippen LogP contribution in [-0.4, -0.2) is 85.5 Å². The van der Waals surface area contributed by atoms with E-state index < -0.39 is 42.0 Å². The normalized spacial score (nSPS) is 34.3. The molecule has 2 aliphatic heterocycles. The van der Waals surface area contributed by atoms with Crippen LogP contribution in [0.2, 0.25) is 0 Å². The van der Waals surface area contributed by atoms with Gasteiger partial charge in [0.15, 0.2) is 5.79 Å². The van der Waals surface area contributed by atoms with Crippen molar-refractivity contribution in [3.05, 3.63) is 0 Å². The van der Waals surface area contributed by atoms with Crippen LogP contribution >= 0.6 is 11.8 Å². The first-order chi connectivity index (χ1) is 13.8. The third-order valence-electron chi connectivity index (χ3n) is 5.00. The number of unbranched alkanes of at least 4 members (excludes halogenated alkanes) is 1. The highest BCUT2D eigenvalue weighted by Crippen LogP contribution is 2.38. The molecule has 2 aliphatic rings. The van der Waals surface area contributed by atoms with Crippen molar-refractivity contribution in [1.82, 2.24) is 0 Å². The van der Waals surface area contributed by atoms with Gasteiger partial charge in [-0.15, -0.1) is 0 Å². The number of carbonyl (C=O) groups is 1. The standard InChI is InChI=1S/C20H36O8S/c1-6-8-9-24-14-12-20(18(22)23-5,25-10-11-29-7-2)28-17(16(14)21)15-13-26-19(3,4)27-15/h14-17,21H,6-13H2,1-5H3/t14-,15-,16-,17?,20-/m1/s1. The Kier molecular flexibility index (Phi) is 9.66. The summed E-state index contributed by atoms with van der Waals surface area (Å²) >= 11 is 1.70. The number of aliphatic hydroxyl groups is 1. The van der Waals surface area contributed by atoms with Crippen LogP contribution in [0.4, 0.5) is 0 Å². The Morgan fingerprint density at radius 3 is 2.59 bits per heavy atom. The molecule has 0 amide bonds. The number of ether oxygens (including phenoxy) is 6. The maximum Gasteiger partial charge on any atom is 0.366 e. The third kappa shape index (κ3) is 6.53. The van der Waals surface area contributed by atoms with Gasteiger partial charge in [-0.05, 0) is 26.0 Å². The first-order valence-corrected chi connectivity index (χ1v) is 11.5. The van der Waals surface area contributed by atoms with Crippen LogP contribution in [0, 0.1) is 0 Å². The van der Waals surface area contributed by atoms with Crippen molar-refractivity contribution in [3.8, 4) is 0 Å². The molecule has 2 fully saturated rings. The van der Waals surface area contributed by atoms with Crippen molar-refractivity contribution in [2.75, 3.05) is 38.4 Å². The predicted octanol–water partition coefficient (Wildman–Crippen LogP) is 2.11. The Balaban J connectivity index is 2.23. The molecule has 0 radical (unpaired) electrons. The third-order valence-corrected chi connectivity index (χ3v) is 5.87. The van der Waals surface area contributed by atoms with Gasteiger partial charge in [-0.1, -0.05) is 20.3 Å². The minimum absolute atomic E-state index is 0.0504. The number of esters is 1. The van der Waals surface area contributed by atoms with E-state index in [0.717, 1.165) is 18.6 Å². The first kappa shape index (κ1) is 24.8. The average molecular weight is 437 g/mol. The van der Waals surface area contributed by atoms with E-state index >= 15 is 0 Å². The number of thioether (sulfide) groups is 1. The lowest BCUT2D eigenvalue weighted by molar-refractivity contribution is -0.328. The summed E-state index contributed by atoms with van der Waals surface area (Å²) in [4.78, 5) is 12.7. The molecule has 170 valence electrons. The van der Waals surface area contributed by atoms with E-state index in [4.69, 9.17) is 28.4 Å². The van der Waals surface area contributed by atoms with Gasteiger partial charge in [0, 0.05) is 18.8 Å². The van der Waals surface area contributed by atoms with Gasteiger partial charge < -0.3 is 33.5 Å². The van der Waals surface area contributed by atoms with Crippen LogP contribution in [0.3, 0.4) is 0 Å². The zero-order valence-corrected chi connectivity index (χ0v) is 19.0. The smallest absolute Gasteiger partial charge is 0.366 e. The summed E-state index contributed by atoms with van der Waals surface area (Å²) in [6, 6.07) is 0. The summed E-state index contributed by atoms with van der Waals surface area (Å²) < 4.78 is 34.5. The molecule has 29 heavy (non-hydrogen) atoms. The van der Waals surface area contributed by atoms with E-state index in [0.29, 0.717) is 19.0 Å². The number of hydrogen-bond donors (Lipinski definition) is 1. The highest BCUT2D eigenvalue weighted by Gasteiger charge is 2.57. The summed E-state index contributed by atoms with van der Waals surface area (Å²) in [6.07, 6.45) is -1.18. The van der Waals surface area contributed by atoms with E-state index in [-0.39, 0.29) is 13.0 Å². The van der Waals surface area contributed by atoms with Crippen molar-refractivity contribution in [2.45, 2.75) is 82.9 Å². The monoisotopic (exact) mass is 436 g/mol. The lowest BCUT2D eigenvalue weighted by Gasteiger charge is -2.45. The molecule has 0 aliphatic carbocycles. The van der Waals surface area contributed by atoms with Crippen molar-refractivity contribution in [1.29, 1.82) is 0 Å². The lowest BCUT2D eigenvalue weighted by atomic mass is 9.92. The molecule has 0 aromatic rings. The quantitative estimate of drug-likeness (QED) is 0.386. The van der Waals surface area contributed by atoms with E-state index in [9.17, 15) is 9.90 Å². The lowest BCUT2D eigenvalue weighted by Crippen LogP contribution is -2.63. The predicted molar refractivity (Wildman–Crippen MR) is 109 cm³/mol. The molecular formula is C20H36O8S. The molecular weight excluding hydrogens is 400 g/mol. The molecule has 2 saturated heterocycles. The minimum atomic E-state index is -1.65. The molecule has 2 rings (SSSR count). The summed E-state index contributed by atoms with van der Waals surface area (Å²) in [7, 11) is 1.29. The summed E-state index contributed by atoms with van der Waals surface area (Å²) in [5, 5.41) is 11.0. The van der Waals surface area contributed by atoms with Crippen LogP contribution in [0.5, 0.6) is 0 Å². The molecule has 1 unspecified atom stereocenters. The molecule has 0 saturated carbocycles. The second-order valence-electron chi connectivity index (χ2n) is 7.70. The van der Waals surface area contributed by atoms with E-state index in [1.807, 2.05) is 0 Å². The zero-order chi connectivity index (χ0) is 21.5. The number of hydrogen-bond acceptors (Lipinski definition) is 9. The molecule has 8 nitrogen and oxygen atoms in total.